The van der Waals surface area contributed by atoms with Gasteiger partial charge in [-0.1, -0.05) is 135 Å². The molecule has 0 radical (unpaired) electrons. The Balaban J connectivity index is 1.84. The number of hydrogen-bond donors (Lipinski definition) is 0. The lowest BCUT2D eigenvalue weighted by Gasteiger charge is -2.33. The summed E-state index contributed by atoms with van der Waals surface area (Å²) < 4.78 is 2.37. The SMILES string of the molecule is CCCCCCCCC1(CCCCCCCC)c2ccc(Br)cc2-c2cc(Br)ccc21. The van der Waals surface area contributed by atoms with Gasteiger partial charge in [0.2, 0.25) is 0 Å². The Bertz CT molecular complexity index is 754. The zero-order chi connectivity index (χ0) is 22.1. The van der Waals surface area contributed by atoms with E-state index in [1.165, 1.54) is 110 Å². The second-order valence-corrected chi connectivity index (χ2v) is 11.3. The van der Waals surface area contributed by atoms with Crippen molar-refractivity contribution in [2.75, 3.05) is 0 Å². The van der Waals surface area contributed by atoms with Crippen LogP contribution in [0.15, 0.2) is 45.3 Å². The summed E-state index contributed by atoms with van der Waals surface area (Å²) in [5.41, 5.74) is 6.24. The van der Waals surface area contributed by atoms with Crippen molar-refractivity contribution in [2.24, 2.45) is 0 Å². The number of halogens is 2. The Morgan fingerprint density at radius 3 is 1.35 bits per heavy atom. The van der Waals surface area contributed by atoms with Gasteiger partial charge in [-0.3, -0.25) is 0 Å². The van der Waals surface area contributed by atoms with Gasteiger partial charge in [-0.25, -0.2) is 0 Å². The third kappa shape index (κ3) is 6.26. The highest BCUT2D eigenvalue weighted by Gasteiger charge is 2.42. The smallest absolute Gasteiger partial charge is 0.0215 e. The van der Waals surface area contributed by atoms with E-state index in [-0.39, 0.29) is 5.41 Å². The molecular weight excluding hydrogens is 508 g/mol. The van der Waals surface area contributed by atoms with Crippen LogP contribution < -0.4 is 0 Å². The van der Waals surface area contributed by atoms with Crippen LogP contribution in [0.25, 0.3) is 11.1 Å². The summed E-state index contributed by atoms with van der Waals surface area (Å²) >= 11 is 7.47. The molecule has 0 saturated carbocycles. The average molecular weight is 548 g/mol. The molecule has 0 heterocycles. The minimum atomic E-state index is 0.196. The van der Waals surface area contributed by atoms with E-state index in [9.17, 15) is 0 Å². The van der Waals surface area contributed by atoms with Gasteiger partial charge < -0.3 is 0 Å². The van der Waals surface area contributed by atoms with Crippen LogP contribution >= 0.6 is 31.9 Å². The van der Waals surface area contributed by atoms with E-state index in [1.807, 2.05) is 0 Å². The van der Waals surface area contributed by atoms with Crippen LogP contribution in [-0.2, 0) is 5.41 Å². The van der Waals surface area contributed by atoms with Crippen LogP contribution in [-0.4, -0.2) is 0 Å². The molecule has 3 rings (SSSR count). The Hall–Kier alpha value is -0.600. The first kappa shape index (κ1) is 25.0. The topological polar surface area (TPSA) is 0 Å². The third-order valence-corrected chi connectivity index (χ3v) is 8.19. The summed E-state index contributed by atoms with van der Waals surface area (Å²) in [5.74, 6) is 0. The van der Waals surface area contributed by atoms with Crippen molar-refractivity contribution in [3.8, 4) is 11.1 Å². The van der Waals surface area contributed by atoms with Gasteiger partial charge >= 0.3 is 0 Å². The molecule has 0 atom stereocenters. The van der Waals surface area contributed by atoms with Crippen LogP contribution in [0.5, 0.6) is 0 Å². The summed E-state index contributed by atoms with van der Waals surface area (Å²) in [6.07, 6.45) is 19.0. The van der Waals surface area contributed by atoms with Crippen molar-refractivity contribution < 1.29 is 0 Å². The summed E-state index contributed by atoms with van der Waals surface area (Å²) in [7, 11) is 0. The van der Waals surface area contributed by atoms with Crippen LogP contribution in [0.4, 0.5) is 0 Å². The summed E-state index contributed by atoms with van der Waals surface area (Å²) in [6, 6.07) is 14.1. The second kappa shape index (κ2) is 12.6. The maximum Gasteiger partial charge on any atom is 0.0215 e. The van der Waals surface area contributed by atoms with Gasteiger partial charge in [0, 0.05) is 14.4 Å². The molecule has 0 spiro atoms. The molecule has 0 amide bonds. The molecule has 0 unspecified atom stereocenters. The van der Waals surface area contributed by atoms with Gasteiger partial charge in [0.15, 0.2) is 0 Å². The van der Waals surface area contributed by atoms with Crippen molar-refractivity contribution in [3.05, 3.63) is 56.5 Å². The van der Waals surface area contributed by atoms with Crippen molar-refractivity contribution in [1.29, 1.82) is 0 Å². The molecule has 1 aliphatic carbocycles. The first-order valence-electron chi connectivity index (χ1n) is 12.7. The number of hydrogen-bond acceptors (Lipinski definition) is 0. The minimum Gasteiger partial charge on any atom is -0.0654 e. The molecule has 31 heavy (non-hydrogen) atoms. The van der Waals surface area contributed by atoms with Crippen LogP contribution in [0.2, 0.25) is 0 Å². The van der Waals surface area contributed by atoms with Crippen molar-refractivity contribution >= 4 is 31.9 Å². The molecule has 2 heteroatoms. The number of rotatable bonds is 14. The van der Waals surface area contributed by atoms with E-state index in [1.54, 1.807) is 11.1 Å². The van der Waals surface area contributed by atoms with E-state index in [0.717, 1.165) is 0 Å². The quantitative estimate of drug-likeness (QED) is 0.206. The highest BCUT2D eigenvalue weighted by Crippen LogP contribution is 2.55. The van der Waals surface area contributed by atoms with Gasteiger partial charge in [-0.15, -0.1) is 0 Å². The molecular formula is C29H40Br2. The molecule has 0 nitrogen and oxygen atoms in total. The van der Waals surface area contributed by atoms with Gasteiger partial charge in [0.05, 0.1) is 0 Å². The standard InChI is InChI=1S/C29H40Br2/c1-3-5-7-9-11-13-19-29(20-14-12-10-8-6-4-2)27-17-15-23(30)21-25(27)26-22-24(31)16-18-28(26)29/h15-18,21-22H,3-14,19-20H2,1-2H3. The maximum absolute atomic E-state index is 3.74. The molecule has 2 aromatic rings. The lowest BCUT2D eigenvalue weighted by Crippen LogP contribution is -2.25. The minimum absolute atomic E-state index is 0.196. The second-order valence-electron chi connectivity index (χ2n) is 9.50. The predicted molar refractivity (Wildman–Crippen MR) is 144 cm³/mol. The number of benzene rings is 2. The van der Waals surface area contributed by atoms with E-state index in [4.69, 9.17) is 0 Å². The molecule has 1 aliphatic rings. The molecule has 0 saturated heterocycles. The molecule has 2 aromatic carbocycles. The third-order valence-electron chi connectivity index (χ3n) is 7.20. The zero-order valence-corrected chi connectivity index (χ0v) is 22.8. The first-order chi connectivity index (χ1) is 15.1. The normalized spacial score (nSPS) is 13.9. The van der Waals surface area contributed by atoms with Gasteiger partial charge in [0.25, 0.3) is 0 Å². The van der Waals surface area contributed by atoms with Gasteiger partial charge in [-0.05, 0) is 59.4 Å². The van der Waals surface area contributed by atoms with Crippen molar-refractivity contribution in [1.82, 2.24) is 0 Å². The summed E-state index contributed by atoms with van der Waals surface area (Å²) in [4.78, 5) is 0. The van der Waals surface area contributed by atoms with Gasteiger partial charge in [-0.2, -0.15) is 0 Å². The highest BCUT2D eigenvalue weighted by molar-refractivity contribution is 9.10. The maximum atomic E-state index is 3.74. The number of unbranched alkanes of at least 4 members (excludes halogenated alkanes) is 10. The lowest BCUT2D eigenvalue weighted by atomic mass is 9.70. The molecule has 0 aliphatic heterocycles. The number of fused-ring (bicyclic) bond motifs is 3. The largest absolute Gasteiger partial charge is 0.0654 e. The van der Waals surface area contributed by atoms with Crippen LogP contribution in [0, 0.1) is 0 Å². The van der Waals surface area contributed by atoms with E-state index in [0.29, 0.717) is 0 Å². The van der Waals surface area contributed by atoms with Crippen LogP contribution in [0.3, 0.4) is 0 Å². The summed E-state index contributed by atoms with van der Waals surface area (Å²) in [5, 5.41) is 0. The molecule has 0 bridgehead atoms. The lowest BCUT2D eigenvalue weighted by molar-refractivity contribution is 0.398. The highest BCUT2D eigenvalue weighted by atomic mass is 79.9. The fraction of sp³-hybridized carbons (Fsp3) is 0.586. The predicted octanol–water partition coefficient (Wildman–Crippen LogP) is 11.0. The fourth-order valence-corrected chi connectivity index (χ4v) is 6.26. The van der Waals surface area contributed by atoms with Crippen molar-refractivity contribution in [3.63, 3.8) is 0 Å². The Labute approximate surface area is 207 Å². The Kier molecular flexibility index (Phi) is 10.2. The molecule has 0 fully saturated rings. The van der Waals surface area contributed by atoms with E-state index < -0.39 is 0 Å². The Morgan fingerprint density at radius 1 is 0.548 bits per heavy atom. The summed E-state index contributed by atoms with van der Waals surface area (Å²) in [6.45, 7) is 4.61. The Morgan fingerprint density at radius 2 is 0.935 bits per heavy atom. The van der Waals surface area contributed by atoms with E-state index >= 15 is 0 Å². The molecule has 170 valence electrons. The van der Waals surface area contributed by atoms with E-state index in [2.05, 4.69) is 82.1 Å². The van der Waals surface area contributed by atoms with Crippen molar-refractivity contribution in [2.45, 2.75) is 109 Å². The zero-order valence-electron chi connectivity index (χ0n) is 19.6. The first-order valence-corrected chi connectivity index (χ1v) is 14.3. The monoisotopic (exact) mass is 546 g/mol. The van der Waals surface area contributed by atoms with Crippen LogP contribution in [0.1, 0.15) is 115 Å². The van der Waals surface area contributed by atoms with Gasteiger partial charge in [0.1, 0.15) is 0 Å². The molecule has 0 aromatic heterocycles. The molecule has 0 N–H and O–H groups in total. The average Bonchev–Trinajstić information content (AvgIpc) is 3.02. The fourth-order valence-electron chi connectivity index (χ4n) is 5.54.